The third-order valence-corrected chi connectivity index (χ3v) is 3.24. The van der Waals surface area contributed by atoms with Crippen LogP contribution >= 0.6 is 0 Å². The average molecular weight is 295 g/mol. The molecule has 0 bridgehead atoms. The van der Waals surface area contributed by atoms with Crippen molar-refractivity contribution in [3.8, 4) is 11.5 Å². The number of aliphatic carboxylic acids is 1. The minimum atomic E-state index is -0.957. The maximum absolute atomic E-state index is 11.4. The summed E-state index contributed by atoms with van der Waals surface area (Å²) < 4.78 is 11.0. The van der Waals surface area contributed by atoms with E-state index < -0.39 is 11.5 Å². The van der Waals surface area contributed by atoms with Crippen LogP contribution in [0.2, 0.25) is 0 Å². The van der Waals surface area contributed by atoms with Gasteiger partial charge in [-0.2, -0.15) is 0 Å². The fraction of sp³-hybridized carbons (Fsp3) is 0.562. The van der Waals surface area contributed by atoms with Gasteiger partial charge < -0.3 is 19.9 Å². The number of hydrogen-bond donors (Lipinski definition) is 2. The number of carbonyl (C=O) groups is 1. The molecule has 0 saturated carbocycles. The maximum Gasteiger partial charge on any atom is 0.323 e. The molecule has 5 heteroatoms. The van der Waals surface area contributed by atoms with Gasteiger partial charge in [0.25, 0.3) is 0 Å². The number of hydrogen-bond acceptors (Lipinski definition) is 4. The SMILES string of the molecule is CCCNC(C)(CCOc1ccc(OCC)cc1)C(=O)O. The molecule has 0 aliphatic rings. The van der Waals surface area contributed by atoms with Gasteiger partial charge in [0.15, 0.2) is 0 Å². The van der Waals surface area contributed by atoms with E-state index in [9.17, 15) is 9.90 Å². The second kappa shape index (κ2) is 8.52. The van der Waals surface area contributed by atoms with Crippen LogP contribution in [-0.4, -0.2) is 36.4 Å². The zero-order chi connectivity index (χ0) is 15.7. The minimum Gasteiger partial charge on any atom is -0.494 e. The summed E-state index contributed by atoms with van der Waals surface area (Å²) in [6.07, 6.45) is 1.29. The van der Waals surface area contributed by atoms with E-state index in [1.54, 1.807) is 6.92 Å². The van der Waals surface area contributed by atoms with Gasteiger partial charge in [-0.1, -0.05) is 6.92 Å². The quantitative estimate of drug-likeness (QED) is 0.694. The van der Waals surface area contributed by atoms with Crippen molar-refractivity contribution in [2.24, 2.45) is 0 Å². The lowest BCUT2D eigenvalue weighted by molar-refractivity contribution is -0.144. The number of carboxylic acids is 1. The maximum atomic E-state index is 11.4. The van der Waals surface area contributed by atoms with Gasteiger partial charge in [-0.25, -0.2) is 0 Å². The molecule has 1 unspecified atom stereocenters. The van der Waals surface area contributed by atoms with Crippen molar-refractivity contribution in [3.63, 3.8) is 0 Å². The van der Waals surface area contributed by atoms with E-state index in [-0.39, 0.29) is 0 Å². The summed E-state index contributed by atoms with van der Waals surface area (Å²) >= 11 is 0. The molecule has 0 saturated heterocycles. The van der Waals surface area contributed by atoms with E-state index >= 15 is 0 Å². The molecule has 0 aliphatic carbocycles. The molecular formula is C16H25NO4. The van der Waals surface area contributed by atoms with Crippen molar-refractivity contribution in [2.75, 3.05) is 19.8 Å². The van der Waals surface area contributed by atoms with Gasteiger partial charge in [-0.3, -0.25) is 4.79 Å². The molecule has 1 aromatic rings. The summed E-state index contributed by atoms with van der Waals surface area (Å²) in [5.41, 5.74) is -0.957. The molecule has 1 atom stereocenters. The first-order valence-corrected chi connectivity index (χ1v) is 7.36. The average Bonchev–Trinajstić information content (AvgIpc) is 2.47. The highest BCUT2D eigenvalue weighted by molar-refractivity contribution is 5.78. The van der Waals surface area contributed by atoms with E-state index in [0.717, 1.165) is 12.2 Å². The van der Waals surface area contributed by atoms with Gasteiger partial charge in [0.2, 0.25) is 0 Å². The second-order valence-electron chi connectivity index (χ2n) is 5.07. The molecule has 0 aliphatic heterocycles. The normalized spacial score (nSPS) is 13.5. The van der Waals surface area contributed by atoms with Gasteiger partial charge in [0.1, 0.15) is 17.0 Å². The van der Waals surface area contributed by atoms with Crippen LogP contribution in [0.5, 0.6) is 11.5 Å². The van der Waals surface area contributed by atoms with Crippen LogP contribution in [-0.2, 0) is 4.79 Å². The third kappa shape index (κ3) is 5.63. The molecule has 0 spiro atoms. The van der Waals surface area contributed by atoms with Crippen molar-refractivity contribution >= 4 is 5.97 Å². The van der Waals surface area contributed by atoms with Crippen molar-refractivity contribution in [3.05, 3.63) is 24.3 Å². The van der Waals surface area contributed by atoms with Gasteiger partial charge in [-0.05, 0) is 51.1 Å². The Morgan fingerprint density at radius 1 is 1.19 bits per heavy atom. The van der Waals surface area contributed by atoms with E-state index in [1.165, 1.54) is 0 Å². The molecule has 0 fully saturated rings. The van der Waals surface area contributed by atoms with Gasteiger partial charge in [-0.15, -0.1) is 0 Å². The van der Waals surface area contributed by atoms with Crippen molar-refractivity contribution in [1.29, 1.82) is 0 Å². The highest BCUT2D eigenvalue weighted by atomic mass is 16.5. The van der Waals surface area contributed by atoms with E-state index in [1.807, 2.05) is 38.1 Å². The predicted molar refractivity (Wildman–Crippen MR) is 82.1 cm³/mol. The Morgan fingerprint density at radius 3 is 2.24 bits per heavy atom. The smallest absolute Gasteiger partial charge is 0.323 e. The topological polar surface area (TPSA) is 67.8 Å². The van der Waals surface area contributed by atoms with Crippen LogP contribution in [0.25, 0.3) is 0 Å². The van der Waals surface area contributed by atoms with E-state index in [0.29, 0.717) is 31.9 Å². The molecule has 0 radical (unpaired) electrons. The lowest BCUT2D eigenvalue weighted by Crippen LogP contribution is -2.50. The van der Waals surface area contributed by atoms with Crippen molar-refractivity contribution in [1.82, 2.24) is 5.32 Å². The molecule has 0 aromatic heterocycles. The Bertz CT molecular complexity index is 432. The summed E-state index contributed by atoms with van der Waals surface area (Å²) in [5, 5.41) is 12.4. The Morgan fingerprint density at radius 2 is 1.76 bits per heavy atom. The van der Waals surface area contributed by atoms with Crippen LogP contribution in [0, 0.1) is 0 Å². The molecule has 2 N–H and O–H groups in total. The van der Waals surface area contributed by atoms with E-state index in [2.05, 4.69) is 5.32 Å². The summed E-state index contributed by atoms with van der Waals surface area (Å²) in [7, 11) is 0. The molecule has 1 aromatic carbocycles. The number of rotatable bonds is 10. The number of carboxylic acid groups (broad SMARTS) is 1. The van der Waals surface area contributed by atoms with Crippen molar-refractivity contribution in [2.45, 2.75) is 39.2 Å². The Hall–Kier alpha value is -1.75. The number of nitrogens with one attached hydrogen (secondary N) is 1. The zero-order valence-corrected chi connectivity index (χ0v) is 13.0. The molecular weight excluding hydrogens is 270 g/mol. The van der Waals surface area contributed by atoms with Crippen LogP contribution in [0.15, 0.2) is 24.3 Å². The molecule has 0 heterocycles. The highest BCUT2D eigenvalue weighted by Crippen LogP contribution is 2.19. The molecule has 21 heavy (non-hydrogen) atoms. The zero-order valence-electron chi connectivity index (χ0n) is 13.0. The number of benzene rings is 1. The van der Waals surface area contributed by atoms with Gasteiger partial charge in [0.05, 0.1) is 13.2 Å². The fourth-order valence-electron chi connectivity index (χ4n) is 1.84. The molecule has 1 rings (SSSR count). The first kappa shape index (κ1) is 17.3. The van der Waals surface area contributed by atoms with Crippen molar-refractivity contribution < 1.29 is 19.4 Å². The van der Waals surface area contributed by atoms with Crippen LogP contribution in [0.3, 0.4) is 0 Å². The Balaban J connectivity index is 2.48. The second-order valence-corrected chi connectivity index (χ2v) is 5.07. The molecule has 0 amide bonds. The monoisotopic (exact) mass is 295 g/mol. The molecule has 118 valence electrons. The highest BCUT2D eigenvalue weighted by Gasteiger charge is 2.31. The third-order valence-electron chi connectivity index (χ3n) is 3.24. The van der Waals surface area contributed by atoms with E-state index in [4.69, 9.17) is 9.47 Å². The summed E-state index contributed by atoms with van der Waals surface area (Å²) in [6, 6.07) is 7.32. The Kier molecular flexibility index (Phi) is 7.02. The first-order valence-electron chi connectivity index (χ1n) is 7.36. The first-order chi connectivity index (χ1) is 10.0. The summed E-state index contributed by atoms with van der Waals surface area (Å²) in [5.74, 6) is 0.651. The largest absolute Gasteiger partial charge is 0.494 e. The van der Waals surface area contributed by atoms with Crippen LogP contribution in [0.4, 0.5) is 0 Å². The lowest BCUT2D eigenvalue weighted by Gasteiger charge is -2.26. The minimum absolute atomic E-state index is 0.341. The predicted octanol–water partition coefficient (Wildman–Crippen LogP) is 2.70. The fourth-order valence-corrected chi connectivity index (χ4v) is 1.84. The lowest BCUT2D eigenvalue weighted by atomic mass is 9.98. The van der Waals surface area contributed by atoms with Crippen LogP contribution in [0.1, 0.15) is 33.6 Å². The van der Waals surface area contributed by atoms with Crippen LogP contribution < -0.4 is 14.8 Å². The Labute approximate surface area is 126 Å². The summed E-state index contributed by atoms with van der Waals surface area (Å²) in [4.78, 5) is 11.4. The summed E-state index contributed by atoms with van der Waals surface area (Å²) in [6.45, 7) is 7.26. The standard InChI is InChI=1S/C16H25NO4/c1-4-11-17-16(3,15(18)19)10-12-21-14-8-6-13(7-9-14)20-5-2/h6-9,17H,4-5,10-12H2,1-3H3,(H,18,19). The molecule has 5 nitrogen and oxygen atoms in total. The van der Waals surface area contributed by atoms with Gasteiger partial charge in [0, 0.05) is 6.42 Å². The number of ether oxygens (including phenoxy) is 2. The van der Waals surface area contributed by atoms with Gasteiger partial charge >= 0.3 is 5.97 Å².